The Hall–Kier alpha value is -1.96. The molecule has 2 aromatic carbocycles. The van der Waals surface area contributed by atoms with Gasteiger partial charge in [-0.3, -0.25) is 0 Å². The molecule has 0 spiro atoms. The van der Waals surface area contributed by atoms with Gasteiger partial charge in [-0.1, -0.05) is 18.2 Å². The van der Waals surface area contributed by atoms with Crippen molar-refractivity contribution in [2.24, 2.45) is 0 Å². The topological polar surface area (TPSA) is 21.3 Å². The average molecular weight is 269 g/mol. The predicted octanol–water partition coefficient (Wildman–Crippen LogP) is 4.25. The second-order valence-electron chi connectivity index (χ2n) is 5.27. The normalized spacial score (nSPS) is 10.4. The summed E-state index contributed by atoms with van der Waals surface area (Å²) in [4.78, 5) is 0. The number of rotatable bonds is 4. The molecule has 0 unspecified atom stereocenters. The van der Waals surface area contributed by atoms with Crippen LogP contribution in [-0.4, -0.2) is 14.2 Å². The first kappa shape index (κ1) is 14.4. The van der Waals surface area contributed by atoms with Gasteiger partial charge in [-0.15, -0.1) is 0 Å². The molecule has 106 valence electrons. The first-order valence-electron chi connectivity index (χ1n) is 6.97. The Labute approximate surface area is 121 Å². The van der Waals surface area contributed by atoms with E-state index < -0.39 is 0 Å². The third kappa shape index (κ3) is 2.79. The van der Waals surface area contributed by atoms with Crippen LogP contribution in [0.4, 0.5) is 5.69 Å². The smallest absolute Gasteiger partial charge is 0.125 e. The minimum absolute atomic E-state index is 0.894. The summed E-state index contributed by atoms with van der Waals surface area (Å²) < 4.78 is 5.65. The quantitative estimate of drug-likeness (QED) is 0.895. The molecule has 1 N–H and O–H groups in total. The average Bonchev–Trinajstić information content (AvgIpc) is 2.45. The molecule has 0 saturated carbocycles. The molecule has 0 aliphatic carbocycles. The van der Waals surface area contributed by atoms with Gasteiger partial charge in [0.1, 0.15) is 5.75 Å². The number of aryl methyl sites for hydroxylation is 2. The summed E-state index contributed by atoms with van der Waals surface area (Å²) in [6.45, 7) is 6.42. The lowest BCUT2D eigenvalue weighted by Gasteiger charge is -2.17. The van der Waals surface area contributed by atoms with Gasteiger partial charge in [0.25, 0.3) is 0 Å². The maximum atomic E-state index is 5.65. The lowest BCUT2D eigenvalue weighted by molar-refractivity contribution is 0.406. The van der Waals surface area contributed by atoms with Crippen LogP contribution < -0.4 is 10.1 Å². The fraction of sp³-hybridized carbons (Fsp3) is 0.333. The lowest BCUT2D eigenvalue weighted by Crippen LogP contribution is -2.01. The van der Waals surface area contributed by atoms with E-state index in [1.54, 1.807) is 7.11 Å². The van der Waals surface area contributed by atoms with E-state index >= 15 is 0 Å². The minimum Gasteiger partial charge on any atom is -0.496 e. The van der Waals surface area contributed by atoms with E-state index in [0.717, 1.165) is 17.9 Å². The Bertz CT molecular complexity index is 617. The first-order valence-corrected chi connectivity index (χ1v) is 6.97. The molecule has 0 bridgehead atoms. The van der Waals surface area contributed by atoms with E-state index in [1.807, 2.05) is 7.05 Å². The molecule has 2 aromatic rings. The maximum absolute atomic E-state index is 5.65. The van der Waals surface area contributed by atoms with Gasteiger partial charge in [0.15, 0.2) is 0 Å². The summed E-state index contributed by atoms with van der Waals surface area (Å²) in [5, 5.41) is 3.19. The molecule has 0 fully saturated rings. The summed E-state index contributed by atoms with van der Waals surface area (Å²) in [6, 6.07) is 10.8. The summed E-state index contributed by atoms with van der Waals surface area (Å²) in [6.07, 6.45) is 0.894. The van der Waals surface area contributed by atoms with Crippen LogP contribution in [0.1, 0.15) is 27.8 Å². The zero-order valence-electron chi connectivity index (χ0n) is 13.0. The highest BCUT2D eigenvalue weighted by Crippen LogP contribution is 2.31. The molecule has 20 heavy (non-hydrogen) atoms. The number of methoxy groups -OCH3 is 1. The molecule has 0 aliphatic heterocycles. The molecule has 0 atom stereocenters. The SMILES string of the molecule is CNc1cccc(Cc2c(C)cc(C)c(C)c2OC)c1. The Morgan fingerprint density at radius 3 is 2.45 bits per heavy atom. The van der Waals surface area contributed by atoms with Gasteiger partial charge in [-0.2, -0.15) is 0 Å². The van der Waals surface area contributed by atoms with Crippen molar-refractivity contribution >= 4 is 5.69 Å². The number of hydrogen-bond donors (Lipinski definition) is 1. The molecule has 2 nitrogen and oxygen atoms in total. The highest BCUT2D eigenvalue weighted by Gasteiger charge is 2.12. The van der Waals surface area contributed by atoms with E-state index in [-0.39, 0.29) is 0 Å². The summed E-state index contributed by atoms with van der Waals surface area (Å²) >= 11 is 0. The second kappa shape index (κ2) is 6.00. The van der Waals surface area contributed by atoms with Crippen LogP contribution in [0.5, 0.6) is 5.75 Å². The number of hydrogen-bond acceptors (Lipinski definition) is 2. The molecule has 0 amide bonds. The van der Waals surface area contributed by atoms with Crippen LogP contribution in [0.2, 0.25) is 0 Å². The van der Waals surface area contributed by atoms with Gasteiger partial charge < -0.3 is 10.1 Å². The molecule has 2 heteroatoms. The van der Waals surface area contributed by atoms with Crippen LogP contribution in [0.15, 0.2) is 30.3 Å². The summed E-state index contributed by atoms with van der Waals surface area (Å²) in [7, 11) is 3.70. The number of anilines is 1. The van der Waals surface area contributed by atoms with Gasteiger partial charge in [-0.25, -0.2) is 0 Å². The standard InChI is InChI=1S/C18H23NO/c1-12-9-13(2)17(18(20-5)14(12)3)11-15-7-6-8-16(10-15)19-4/h6-10,19H,11H2,1-5H3. The van der Waals surface area contributed by atoms with E-state index in [4.69, 9.17) is 4.74 Å². The zero-order valence-corrected chi connectivity index (χ0v) is 13.0. The minimum atomic E-state index is 0.894. The summed E-state index contributed by atoms with van der Waals surface area (Å²) in [5.41, 5.74) is 7.53. The number of benzene rings is 2. The van der Waals surface area contributed by atoms with E-state index in [2.05, 4.69) is 56.4 Å². The molecule has 0 aliphatic rings. The number of nitrogens with one attached hydrogen (secondary N) is 1. The third-order valence-electron chi connectivity index (χ3n) is 3.92. The highest BCUT2D eigenvalue weighted by molar-refractivity contribution is 5.53. The number of ether oxygens (including phenoxy) is 1. The molecular formula is C18H23NO. The lowest BCUT2D eigenvalue weighted by atomic mass is 9.94. The van der Waals surface area contributed by atoms with Gasteiger partial charge in [-0.05, 0) is 55.2 Å². The third-order valence-corrected chi connectivity index (χ3v) is 3.92. The fourth-order valence-electron chi connectivity index (χ4n) is 2.64. The van der Waals surface area contributed by atoms with Crippen LogP contribution in [0, 0.1) is 20.8 Å². The van der Waals surface area contributed by atoms with Crippen molar-refractivity contribution in [3.8, 4) is 5.75 Å². The molecule has 0 aromatic heterocycles. The van der Waals surface area contributed by atoms with Crippen LogP contribution >= 0.6 is 0 Å². The van der Waals surface area contributed by atoms with Crippen molar-refractivity contribution in [1.29, 1.82) is 0 Å². The summed E-state index contributed by atoms with van der Waals surface area (Å²) in [5.74, 6) is 1.03. The largest absolute Gasteiger partial charge is 0.496 e. The molecule has 0 heterocycles. The Morgan fingerprint density at radius 1 is 1.05 bits per heavy atom. The molecular weight excluding hydrogens is 246 g/mol. The van der Waals surface area contributed by atoms with Gasteiger partial charge >= 0.3 is 0 Å². The van der Waals surface area contributed by atoms with Crippen molar-refractivity contribution in [2.45, 2.75) is 27.2 Å². The van der Waals surface area contributed by atoms with Crippen LogP contribution in [0.3, 0.4) is 0 Å². The Balaban J connectivity index is 2.45. The first-order chi connectivity index (χ1) is 9.56. The van der Waals surface area contributed by atoms with Crippen molar-refractivity contribution in [3.63, 3.8) is 0 Å². The second-order valence-corrected chi connectivity index (χ2v) is 5.27. The van der Waals surface area contributed by atoms with Gasteiger partial charge in [0.2, 0.25) is 0 Å². The van der Waals surface area contributed by atoms with Gasteiger partial charge in [0.05, 0.1) is 7.11 Å². The van der Waals surface area contributed by atoms with E-state index in [0.29, 0.717) is 0 Å². The van der Waals surface area contributed by atoms with E-state index in [9.17, 15) is 0 Å². The monoisotopic (exact) mass is 269 g/mol. The Kier molecular flexibility index (Phi) is 4.33. The predicted molar refractivity (Wildman–Crippen MR) is 86.0 cm³/mol. The van der Waals surface area contributed by atoms with E-state index in [1.165, 1.54) is 27.8 Å². The molecule has 2 rings (SSSR count). The molecule has 0 saturated heterocycles. The van der Waals surface area contributed by atoms with Crippen molar-refractivity contribution in [3.05, 3.63) is 58.1 Å². The fourth-order valence-corrected chi connectivity index (χ4v) is 2.64. The van der Waals surface area contributed by atoms with Gasteiger partial charge in [0, 0.05) is 24.7 Å². The van der Waals surface area contributed by atoms with Crippen molar-refractivity contribution in [2.75, 3.05) is 19.5 Å². The Morgan fingerprint density at radius 2 is 1.80 bits per heavy atom. The maximum Gasteiger partial charge on any atom is 0.125 e. The van der Waals surface area contributed by atoms with Crippen LogP contribution in [-0.2, 0) is 6.42 Å². The van der Waals surface area contributed by atoms with Crippen molar-refractivity contribution in [1.82, 2.24) is 0 Å². The van der Waals surface area contributed by atoms with Crippen LogP contribution in [0.25, 0.3) is 0 Å². The molecule has 0 radical (unpaired) electrons. The zero-order chi connectivity index (χ0) is 14.7. The highest BCUT2D eigenvalue weighted by atomic mass is 16.5. The van der Waals surface area contributed by atoms with Crippen molar-refractivity contribution < 1.29 is 4.74 Å².